The van der Waals surface area contributed by atoms with Crippen molar-refractivity contribution in [3.8, 4) is 5.69 Å². The SMILES string of the molecule is CC(Nc1cccc(-n2cnnn2)c1)c1ccccc1. The Morgan fingerprint density at radius 1 is 1.05 bits per heavy atom. The highest BCUT2D eigenvalue weighted by Gasteiger charge is 2.05. The third-order valence-electron chi connectivity index (χ3n) is 3.14. The maximum absolute atomic E-state index is 3.89. The minimum absolute atomic E-state index is 0.236. The number of hydrogen-bond donors (Lipinski definition) is 1. The van der Waals surface area contributed by atoms with Crippen LogP contribution in [0.15, 0.2) is 60.9 Å². The minimum atomic E-state index is 0.236. The van der Waals surface area contributed by atoms with Gasteiger partial charge >= 0.3 is 0 Å². The van der Waals surface area contributed by atoms with Crippen LogP contribution < -0.4 is 5.32 Å². The molecule has 1 N–H and O–H groups in total. The molecule has 3 aromatic rings. The molecule has 0 saturated heterocycles. The molecule has 1 atom stereocenters. The number of nitrogens with zero attached hydrogens (tertiary/aromatic N) is 4. The molecule has 0 aliphatic rings. The Bertz CT molecular complexity index is 664. The Balaban J connectivity index is 1.80. The second kappa shape index (κ2) is 5.52. The largest absolute Gasteiger partial charge is 0.378 e. The van der Waals surface area contributed by atoms with Gasteiger partial charge in [-0.2, -0.15) is 0 Å². The van der Waals surface area contributed by atoms with Crippen molar-refractivity contribution in [2.45, 2.75) is 13.0 Å². The number of rotatable bonds is 4. The van der Waals surface area contributed by atoms with Crippen LogP contribution in [0.1, 0.15) is 18.5 Å². The lowest BCUT2D eigenvalue weighted by atomic mass is 10.1. The topological polar surface area (TPSA) is 55.6 Å². The van der Waals surface area contributed by atoms with Gasteiger partial charge in [0, 0.05) is 11.7 Å². The fraction of sp³-hybridized carbons (Fsp3) is 0.133. The second-order valence-corrected chi connectivity index (χ2v) is 4.58. The number of aromatic nitrogens is 4. The van der Waals surface area contributed by atoms with Gasteiger partial charge in [0.2, 0.25) is 0 Å². The maximum atomic E-state index is 3.89. The molecule has 0 fully saturated rings. The van der Waals surface area contributed by atoms with E-state index in [0.717, 1.165) is 11.4 Å². The fourth-order valence-electron chi connectivity index (χ4n) is 2.09. The maximum Gasteiger partial charge on any atom is 0.143 e. The van der Waals surface area contributed by atoms with Crippen LogP contribution >= 0.6 is 0 Å². The molecule has 100 valence electrons. The van der Waals surface area contributed by atoms with Crippen LogP contribution in [0.4, 0.5) is 5.69 Å². The first-order chi connectivity index (χ1) is 9.83. The van der Waals surface area contributed by atoms with Crippen molar-refractivity contribution in [2.24, 2.45) is 0 Å². The van der Waals surface area contributed by atoms with Gasteiger partial charge in [0.05, 0.1) is 5.69 Å². The molecule has 0 spiro atoms. The van der Waals surface area contributed by atoms with E-state index < -0.39 is 0 Å². The van der Waals surface area contributed by atoms with Gasteiger partial charge < -0.3 is 5.32 Å². The van der Waals surface area contributed by atoms with Gasteiger partial charge in [-0.25, -0.2) is 4.68 Å². The lowest BCUT2D eigenvalue weighted by Crippen LogP contribution is -2.07. The molecule has 1 unspecified atom stereocenters. The van der Waals surface area contributed by atoms with Crippen molar-refractivity contribution < 1.29 is 0 Å². The Hall–Kier alpha value is -2.69. The summed E-state index contributed by atoms with van der Waals surface area (Å²) in [6, 6.07) is 18.6. The average molecular weight is 265 g/mol. The standard InChI is InChI=1S/C15H15N5/c1-12(13-6-3-2-4-7-13)17-14-8-5-9-15(10-14)20-11-16-18-19-20/h2-12,17H,1H3. The number of tetrazole rings is 1. The zero-order chi connectivity index (χ0) is 13.8. The summed E-state index contributed by atoms with van der Waals surface area (Å²) >= 11 is 0. The monoisotopic (exact) mass is 265 g/mol. The molecule has 0 saturated carbocycles. The summed E-state index contributed by atoms with van der Waals surface area (Å²) in [5, 5.41) is 14.7. The van der Waals surface area contributed by atoms with Crippen LogP contribution in [0.2, 0.25) is 0 Å². The van der Waals surface area contributed by atoms with Crippen molar-refractivity contribution >= 4 is 5.69 Å². The molecular weight excluding hydrogens is 250 g/mol. The molecule has 0 aliphatic heterocycles. The van der Waals surface area contributed by atoms with Crippen molar-refractivity contribution in [1.29, 1.82) is 0 Å². The first-order valence-electron chi connectivity index (χ1n) is 6.48. The van der Waals surface area contributed by atoms with Crippen LogP contribution in [0.5, 0.6) is 0 Å². The highest BCUT2D eigenvalue weighted by molar-refractivity contribution is 5.52. The summed E-state index contributed by atoms with van der Waals surface area (Å²) in [4.78, 5) is 0. The Kier molecular flexibility index (Phi) is 3.41. The van der Waals surface area contributed by atoms with E-state index in [0.29, 0.717) is 0 Å². The van der Waals surface area contributed by atoms with Crippen LogP contribution in [-0.2, 0) is 0 Å². The van der Waals surface area contributed by atoms with Gasteiger partial charge in [0.25, 0.3) is 0 Å². The van der Waals surface area contributed by atoms with Gasteiger partial charge in [-0.3, -0.25) is 0 Å². The summed E-state index contributed by atoms with van der Waals surface area (Å²) < 4.78 is 1.64. The molecule has 5 nitrogen and oxygen atoms in total. The van der Waals surface area contributed by atoms with Crippen LogP contribution in [0, 0.1) is 0 Å². The Labute approximate surface area is 117 Å². The summed E-state index contributed by atoms with van der Waals surface area (Å²) in [6.45, 7) is 2.14. The van der Waals surface area contributed by atoms with E-state index in [9.17, 15) is 0 Å². The summed E-state index contributed by atoms with van der Waals surface area (Å²) in [7, 11) is 0. The molecule has 5 heteroatoms. The highest BCUT2D eigenvalue weighted by atomic mass is 15.5. The van der Waals surface area contributed by atoms with E-state index in [1.165, 1.54) is 5.56 Å². The molecule has 1 heterocycles. The van der Waals surface area contributed by atoms with E-state index in [4.69, 9.17) is 0 Å². The molecule has 0 amide bonds. The Morgan fingerprint density at radius 2 is 1.90 bits per heavy atom. The zero-order valence-electron chi connectivity index (χ0n) is 11.1. The second-order valence-electron chi connectivity index (χ2n) is 4.58. The molecule has 20 heavy (non-hydrogen) atoms. The summed E-state index contributed by atoms with van der Waals surface area (Å²) in [5.41, 5.74) is 3.22. The van der Waals surface area contributed by atoms with Crippen molar-refractivity contribution in [3.63, 3.8) is 0 Å². The quantitative estimate of drug-likeness (QED) is 0.788. The van der Waals surface area contributed by atoms with Gasteiger partial charge in [-0.05, 0) is 41.1 Å². The van der Waals surface area contributed by atoms with Crippen LogP contribution in [0.25, 0.3) is 5.69 Å². The van der Waals surface area contributed by atoms with Gasteiger partial charge in [-0.15, -0.1) is 5.10 Å². The third-order valence-corrected chi connectivity index (χ3v) is 3.14. The van der Waals surface area contributed by atoms with E-state index in [2.05, 4.69) is 39.9 Å². The van der Waals surface area contributed by atoms with E-state index >= 15 is 0 Å². The van der Waals surface area contributed by atoms with Crippen molar-refractivity contribution in [3.05, 3.63) is 66.5 Å². The smallest absolute Gasteiger partial charge is 0.143 e. The van der Waals surface area contributed by atoms with Crippen molar-refractivity contribution in [1.82, 2.24) is 20.2 Å². The molecule has 2 aromatic carbocycles. The van der Waals surface area contributed by atoms with Gasteiger partial charge in [0.15, 0.2) is 0 Å². The lowest BCUT2D eigenvalue weighted by Gasteiger charge is -2.16. The Morgan fingerprint density at radius 3 is 2.65 bits per heavy atom. The van der Waals surface area contributed by atoms with E-state index in [1.807, 2.05) is 42.5 Å². The average Bonchev–Trinajstić information content (AvgIpc) is 3.03. The number of benzene rings is 2. The first kappa shape index (κ1) is 12.3. The zero-order valence-corrected chi connectivity index (χ0v) is 11.1. The molecule has 0 aliphatic carbocycles. The number of anilines is 1. The first-order valence-corrected chi connectivity index (χ1v) is 6.48. The fourth-order valence-corrected chi connectivity index (χ4v) is 2.09. The molecule has 0 bridgehead atoms. The molecule has 0 radical (unpaired) electrons. The lowest BCUT2D eigenvalue weighted by molar-refractivity contribution is 0.788. The van der Waals surface area contributed by atoms with Gasteiger partial charge in [-0.1, -0.05) is 36.4 Å². The summed E-state index contributed by atoms with van der Waals surface area (Å²) in [6.07, 6.45) is 1.58. The minimum Gasteiger partial charge on any atom is -0.378 e. The molecule has 1 aromatic heterocycles. The predicted molar refractivity (Wildman–Crippen MR) is 77.6 cm³/mol. The number of hydrogen-bond acceptors (Lipinski definition) is 4. The van der Waals surface area contributed by atoms with Crippen molar-refractivity contribution in [2.75, 3.05) is 5.32 Å². The van der Waals surface area contributed by atoms with E-state index in [1.54, 1.807) is 11.0 Å². The molecule has 3 rings (SSSR count). The molecular formula is C15H15N5. The highest BCUT2D eigenvalue weighted by Crippen LogP contribution is 2.20. The predicted octanol–water partition coefficient (Wildman–Crippen LogP) is 2.84. The normalized spacial score (nSPS) is 12.1. The summed E-state index contributed by atoms with van der Waals surface area (Å²) in [5.74, 6) is 0. The van der Waals surface area contributed by atoms with E-state index in [-0.39, 0.29) is 6.04 Å². The van der Waals surface area contributed by atoms with Crippen LogP contribution in [-0.4, -0.2) is 20.2 Å². The third kappa shape index (κ3) is 2.66. The van der Waals surface area contributed by atoms with Gasteiger partial charge in [0.1, 0.15) is 6.33 Å². The van der Waals surface area contributed by atoms with Crippen LogP contribution in [0.3, 0.4) is 0 Å². The number of nitrogens with one attached hydrogen (secondary N) is 1.